The Morgan fingerprint density at radius 1 is 1.15 bits per heavy atom. The fraction of sp³-hybridized carbons (Fsp3) is 0.308. The second-order valence-corrected chi connectivity index (χ2v) is 11.7. The Kier molecular flexibility index (Phi) is 8.21. The molecule has 13 heteroatoms. The maximum atomic E-state index is 13.8. The molecule has 39 heavy (non-hydrogen) atoms. The van der Waals surface area contributed by atoms with Crippen LogP contribution in [-0.4, -0.2) is 45.5 Å². The normalized spacial score (nSPS) is 12.5. The maximum Gasteiger partial charge on any atom is 0.341 e. The number of rotatable bonds is 10. The second kappa shape index (κ2) is 11.4. The Hall–Kier alpha value is -3.97. The van der Waals surface area contributed by atoms with Crippen molar-refractivity contribution in [1.29, 1.82) is 0 Å². The van der Waals surface area contributed by atoms with Crippen LogP contribution in [0.25, 0.3) is 0 Å². The molecule has 0 unspecified atom stereocenters. The Labute approximate surface area is 229 Å². The fourth-order valence-electron chi connectivity index (χ4n) is 4.35. The van der Waals surface area contributed by atoms with Gasteiger partial charge in [0.1, 0.15) is 17.3 Å². The van der Waals surface area contributed by atoms with Crippen LogP contribution in [0.15, 0.2) is 47.4 Å². The number of amides is 1. The number of nitrogens with zero attached hydrogens (tertiary/aromatic N) is 2. The van der Waals surface area contributed by atoms with Gasteiger partial charge in [-0.25, -0.2) is 13.2 Å². The number of esters is 1. The predicted molar refractivity (Wildman–Crippen MR) is 146 cm³/mol. The standard InChI is InChI=1S/C26H27N3O8S2/c1-4-37-26(31)24-20-6-5-7-22(20)38-25(24)27-23(30)15-28(17-9-11-18(36-3)12-10-17)39(34,35)19-13-8-16(2)21(14-19)29(32)33/h8-14H,4-7,15H2,1-3H3,(H,27,30). The number of nitrogens with one attached hydrogen (secondary N) is 1. The van der Waals surface area contributed by atoms with Crippen molar-refractivity contribution in [3.8, 4) is 5.75 Å². The van der Waals surface area contributed by atoms with Crippen LogP contribution in [0.3, 0.4) is 0 Å². The maximum absolute atomic E-state index is 13.8. The highest BCUT2D eigenvalue weighted by Gasteiger charge is 2.32. The van der Waals surface area contributed by atoms with Crippen molar-refractivity contribution in [3.05, 3.63) is 74.1 Å². The van der Waals surface area contributed by atoms with Crippen molar-refractivity contribution < 1.29 is 32.4 Å². The minimum absolute atomic E-state index is 0.147. The molecule has 0 saturated carbocycles. The lowest BCUT2D eigenvalue weighted by molar-refractivity contribution is -0.385. The highest BCUT2D eigenvalue weighted by atomic mass is 32.2. The summed E-state index contributed by atoms with van der Waals surface area (Å²) in [5.41, 5.74) is 1.23. The molecule has 0 fully saturated rings. The summed E-state index contributed by atoms with van der Waals surface area (Å²) < 4.78 is 38.7. The zero-order valence-corrected chi connectivity index (χ0v) is 23.2. The van der Waals surface area contributed by atoms with Gasteiger partial charge in [-0.05, 0) is 69.0 Å². The first kappa shape index (κ1) is 28.0. The van der Waals surface area contributed by atoms with Gasteiger partial charge in [-0.3, -0.25) is 19.2 Å². The van der Waals surface area contributed by atoms with E-state index < -0.39 is 33.4 Å². The van der Waals surface area contributed by atoms with Gasteiger partial charge in [-0.15, -0.1) is 11.3 Å². The second-order valence-electron chi connectivity index (χ2n) is 8.75. The molecule has 0 spiro atoms. The minimum Gasteiger partial charge on any atom is -0.497 e. The van der Waals surface area contributed by atoms with Crippen molar-refractivity contribution in [1.82, 2.24) is 0 Å². The van der Waals surface area contributed by atoms with Crippen LogP contribution in [-0.2, 0) is 32.4 Å². The van der Waals surface area contributed by atoms with Gasteiger partial charge in [-0.1, -0.05) is 6.07 Å². The van der Waals surface area contributed by atoms with Gasteiger partial charge in [0.25, 0.3) is 15.7 Å². The average Bonchev–Trinajstić information content (AvgIpc) is 3.48. The monoisotopic (exact) mass is 573 g/mol. The predicted octanol–water partition coefficient (Wildman–Crippen LogP) is 4.47. The van der Waals surface area contributed by atoms with E-state index >= 15 is 0 Å². The van der Waals surface area contributed by atoms with Crippen molar-refractivity contribution >= 4 is 49.6 Å². The number of hydrogen-bond acceptors (Lipinski definition) is 9. The van der Waals surface area contributed by atoms with E-state index in [0.29, 0.717) is 28.3 Å². The summed E-state index contributed by atoms with van der Waals surface area (Å²) >= 11 is 1.28. The van der Waals surface area contributed by atoms with E-state index in [1.54, 1.807) is 6.92 Å². The van der Waals surface area contributed by atoms with Crippen molar-refractivity contribution in [2.24, 2.45) is 0 Å². The molecule has 0 bridgehead atoms. The summed E-state index contributed by atoms with van der Waals surface area (Å²) in [7, 11) is -2.97. The molecule has 2 aromatic carbocycles. The van der Waals surface area contributed by atoms with Crippen LogP contribution in [0.2, 0.25) is 0 Å². The number of aryl methyl sites for hydroxylation is 2. The Morgan fingerprint density at radius 3 is 2.51 bits per heavy atom. The van der Waals surface area contributed by atoms with Crippen LogP contribution in [0.5, 0.6) is 5.75 Å². The van der Waals surface area contributed by atoms with Crippen molar-refractivity contribution in [3.63, 3.8) is 0 Å². The molecule has 0 radical (unpaired) electrons. The van der Waals surface area contributed by atoms with E-state index in [0.717, 1.165) is 33.7 Å². The number of nitro benzene ring substituents is 1. The van der Waals surface area contributed by atoms with E-state index in [1.807, 2.05) is 0 Å². The van der Waals surface area contributed by atoms with Gasteiger partial charge in [0.2, 0.25) is 5.91 Å². The Balaban J connectivity index is 1.70. The van der Waals surface area contributed by atoms with Gasteiger partial charge in [-0.2, -0.15) is 0 Å². The van der Waals surface area contributed by atoms with Gasteiger partial charge in [0, 0.05) is 16.5 Å². The van der Waals surface area contributed by atoms with Crippen LogP contribution in [0, 0.1) is 17.0 Å². The summed E-state index contributed by atoms with van der Waals surface area (Å²) in [6, 6.07) is 9.59. The molecular weight excluding hydrogens is 546 g/mol. The first-order chi connectivity index (χ1) is 18.6. The summed E-state index contributed by atoms with van der Waals surface area (Å²) in [6.07, 6.45) is 2.36. The molecule has 0 aliphatic heterocycles. The molecule has 1 N–H and O–H groups in total. The largest absolute Gasteiger partial charge is 0.497 e. The third-order valence-corrected chi connectivity index (χ3v) is 9.24. The molecule has 0 saturated heterocycles. The molecule has 1 amide bonds. The third-order valence-electron chi connectivity index (χ3n) is 6.27. The first-order valence-electron chi connectivity index (χ1n) is 12.1. The number of carbonyl (C=O) groups excluding carboxylic acids is 2. The lowest BCUT2D eigenvalue weighted by Gasteiger charge is -2.24. The number of anilines is 2. The Morgan fingerprint density at radius 2 is 1.87 bits per heavy atom. The molecule has 0 atom stereocenters. The molecule has 1 aromatic heterocycles. The van der Waals surface area contributed by atoms with E-state index in [-0.39, 0.29) is 22.9 Å². The molecule has 11 nitrogen and oxygen atoms in total. The number of hydrogen-bond donors (Lipinski definition) is 1. The molecule has 1 aliphatic carbocycles. The SMILES string of the molecule is CCOC(=O)c1c(NC(=O)CN(c2ccc(OC)cc2)S(=O)(=O)c2ccc(C)c([N+](=O)[O-])c2)sc2c1CCC2. The highest BCUT2D eigenvalue weighted by molar-refractivity contribution is 7.92. The number of nitro groups is 1. The van der Waals surface area contributed by atoms with Gasteiger partial charge < -0.3 is 14.8 Å². The number of thiophene rings is 1. The van der Waals surface area contributed by atoms with Crippen molar-refractivity contribution in [2.45, 2.75) is 38.0 Å². The molecule has 4 rings (SSSR count). The Bertz CT molecular complexity index is 1530. The first-order valence-corrected chi connectivity index (χ1v) is 14.4. The highest BCUT2D eigenvalue weighted by Crippen LogP contribution is 2.39. The third kappa shape index (κ3) is 5.73. The number of fused-ring (bicyclic) bond motifs is 1. The minimum atomic E-state index is -4.43. The van der Waals surface area contributed by atoms with E-state index in [2.05, 4.69) is 5.32 Å². The summed E-state index contributed by atoms with van der Waals surface area (Å²) in [5.74, 6) is -0.765. The molecule has 206 valence electrons. The van der Waals surface area contributed by atoms with Gasteiger partial charge >= 0.3 is 5.97 Å². The fourth-order valence-corrected chi connectivity index (χ4v) is 7.08. The van der Waals surface area contributed by atoms with Crippen LogP contribution >= 0.6 is 11.3 Å². The van der Waals surface area contributed by atoms with Gasteiger partial charge in [0.15, 0.2) is 0 Å². The quantitative estimate of drug-likeness (QED) is 0.212. The number of methoxy groups -OCH3 is 1. The molecule has 1 heterocycles. The number of carbonyl (C=O) groups is 2. The van der Waals surface area contributed by atoms with Crippen LogP contribution in [0.1, 0.15) is 39.7 Å². The van der Waals surface area contributed by atoms with E-state index in [1.165, 1.54) is 61.8 Å². The average molecular weight is 574 g/mol. The summed E-state index contributed by atoms with van der Waals surface area (Å²) in [5, 5.41) is 14.5. The summed E-state index contributed by atoms with van der Waals surface area (Å²) in [6.45, 7) is 2.71. The van der Waals surface area contributed by atoms with Gasteiger partial charge in [0.05, 0.1) is 34.8 Å². The lowest BCUT2D eigenvalue weighted by atomic mass is 10.1. The lowest BCUT2D eigenvalue weighted by Crippen LogP contribution is -2.38. The zero-order chi connectivity index (χ0) is 28.3. The summed E-state index contributed by atoms with van der Waals surface area (Å²) in [4.78, 5) is 37.4. The van der Waals surface area contributed by atoms with E-state index in [4.69, 9.17) is 9.47 Å². The smallest absolute Gasteiger partial charge is 0.341 e. The van der Waals surface area contributed by atoms with Crippen molar-refractivity contribution in [2.75, 3.05) is 29.9 Å². The molecular formula is C26H27N3O8S2. The van der Waals surface area contributed by atoms with Crippen LogP contribution < -0.4 is 14.4 Å². The number of benzene rings is 2. The molecule has 3 aromatic rings. The zero-order valence-electron chi connectivity index (χ0n) is 21.6. The molecule has 1 aliphatic rings. The number of ether oxygens (including phenoxy) is 2. The topological polar surface area (TPSA) is 145 Å². The van der Waals surface area contributed by atoms with Crippen LogP contribution in [0.4, 0.5) is 16.4 Å². The van der Waals surface area contributed by atoms with E-state index in [9.17, 15) is 28.1 Å². The number of sulfonamides is 1.